The first-order valence-corrected chi connectivity index (χ1v) is 5.08. The normalized spacial score (nSPS) is 12.6. The monoisotopic (exact) mass is 235 g/mol. The summed E-state index contributed by atoms with van der Waals surface area (Å²) in [4.78, 5) is 4.15. The molecule has 3 N–H and O–H groups in total. The largest absolute Gasteiger partial charge is 0.508 e. The van der Waals surface area contributed by atoms with Crippen molar-refractivity contribution in [3.05, 3.63) is 30.2 Å². The Morgan fingerprint density at radius 2 is 2.35 bits per heavy atom. The molecule has 0 aliphatic rings. The summed E-state index contributed by atoms with van der Waals surface area (Å²) in [5.41, 5.74) is 6.43. The van der Waals surface area contributed by atoms with Crippen molar-refractivity contribution < 1.29 is 14.4 Å². The Hall–Kier alpha value is -1.92. The van der Waals surface area contributed by atoms with Crippen LogP contribution in [0.1, 0.15) is 11.9 Å². The molecule has 17 heavy (non-hydrogen) atoms. The van der Waals surface area contributed by atoms with Gasteiger partial charge >= 0.3 is 0 Å². The predicted molar refractivity (Wildman–Crippen MR) is 60.2 cm³/mol. The smallest absolute Gasteiger partial charge is 0.246 e. The maximum atomic E-state index is 9.34. The van der Waals surface area contributed by atoms with Crippen LogP contribution in [0.3, 0.4) is 0 Å². The van der Waals surface area contributed by atoms with Crippen LogP contribution in [0.4, 0.5) is 0 Å². The molecule has 0 spiro atoms. The van der Waals surface area contributed by atoms with Crippen LogP contribution in [0.5, 0.6) is 5.75 Å². The Kier molecular flexibility index (Phi) is 3.36. The standard InChI is InChI=1S/C11H13N3O3/c1-16-6-9(12)11-13-10(14-17-11)7-3-2-4-8(15)5-7/h2-5,9,15H,6,12H2,1H3. The molecule has 2 rings (SSSR count). The quantitative estimate of drug-likeness (QED) is 0.823. The van der Waals surface area contributed by atoms with Crippen LogP contribution in [0, 0.1) is 0 Å². The lowest BCUT2D eigenvalue weighted by atomic mass is 10.2. The van der Waals surface area contributed by atoms with Crippen molar-refractivity contribution in [3.63, 3.8) is 0 Å². The zero-order valence-electron chi connectivity index (χ0n) is 9.33. The lowest BCUT2D eigenvalue weighted by Gasteiger charge is -2.02. The predicted octanol–water partition coefficient (Wildman–Crippen LogP) is 1.09. The van der Waals surface area contributed by atoms with E-state index in [4.69, 9.17) is 15.0 Å². The first-order chi connectivity index (χ1) is 8.20. The maximum Gasteiger partial charge on any atom is 0.246 e. The highest BCUT2D eigenvalue weighted by atomic mass is 16.5. The first-order valence-electron chi connectivity index (χ1n) is 5.08. The number of benzene rings is 1. The summed E-state index contributed by atoms with van der Waals surface area (Å²) in [6, 6.07) is 6.16. The topological polar surface area (TPSA) is 94.4 Å². The molecule has 0 saturated carbocycles. The second-order valence-corrected chi connectivity index (χ2v) is 3.57. The van der Waals surface area contributed by atoms with Crippen molar-refractivity contribution in [2.75, 3.05) is 13.7 Å². The minimum Gasteiger partial charge on any atom is -0.508 e. The van der Waals surface area contributed by atoms with Crippen LogP contribution in [0.25, 0.3) is 11.4 Å². The lowest BCUT2D eigenvalue weighted by Crippen LogP contribution is -2.16. The summed E-state index contributed by atoms with van der Waals surface area (Å²) in [7, 11) is 1.55. The Balaban J connectivity index is 2.23. The SMILES string of the molecule is COCC(N)c1nc(-c2cccc(O)c2)no1. The van der Waals surface area contributed by atoms with Gasteiger partial charge in [-0.05, 0) is 12.1 Å². The number of phenolic OH excluding ortho intramolecular Hbond substituents is 1. The minimum atomic E-state index is -0.446. The number of aromatic nitrogens is 2. The first kappa shape index (κ1) is 11.6. The molecule has 1 atom stereocenters. The molecule has 0 fully saturated rings. The second-order valence-electron chi connectivity index (χ2n) is 3.57. The molecular weight excluding hydrogens is 222 g/mol. The summed E-state index contributed by atoms with van der Waals surface area (Å²) in [6.45, 7) is 0.307. The number of methoxy groups -OCH3 is 1. The average molecular weight is 235 g/mol. The van der Waals surface area contributed by atoms with Crippen molar-refractivity contribution in [2.45, 2.75) is 6.04 Å². The van der Waals surface area contributed by atoms with Gasteiger partial charge in [-0.3, -0.25) is 0 Å². The molecule has 0 amide bonds. The summed E-state index contributed by atoms with van der Waals surface area (Å²) in [5.74, 6) is 0.850. The molecule has 1 unspecified atom stereocenters. The fraction of sp³-hybridized carbons (Fsp3) is 0.273. The molecular formula is C11H13N3O3. The number of hydrogen-bond acceptors (Lipinski definition) is 6. The van der Waals surface area contributed by atoms with E-state index in [1.165, 1.54) is 0 Å². The van der Waals surface area contributed by atoms with Crippen LogP contribution in [0.2, 0.25) is 0 Å². The highest BCUT2D eigenvalue weighted by molar-refractivity contribution is 5.56. The van der Waals surface area contributed by atoms with Crippen molar-refractivity contribution in [1.82, 2.24) is 10.1 Å². The molecule has 0 bridgehead atoms. The van der Waals surface area contributed by atoms with Gasteiger partial charge in [-0.1, -0.05) is 17.3 Å². The third kappa shape index (κ3) is 2.61. The second kappa shape index (κ2) is 4.94. The van der Waals surface area contributed by atoms with Crippen LogP contribution in [0.15, 0.2) is 28.8 Å². The van der Waals surface area contributed by atoms with E-state index in [-0.39, 0.29) is 5.75 Å². The Labute approximate surface area is 98.0 Å². The van der Waals surface area contributed by atoms with Gasteiger partial charge in [-0.15, -0.1) is 0 Å². The van der Waals surface area contributed by atoms with Crippen LogP contribution >= 0.6 is 0 Å². The highest BCUT2D eigenvalue weighted by Crippen LogP contribution is 2.21. The molecule has 1 aromatic carbocycles. The van der Waals surface area contributed by atoms with Gasteiger partial charge in [0.1, 0.15) is 11.8 Å². The number of hydrogen-bond donors (Lipinski definition) is 2. The van der Waals surface area contributed by atoms with Gasteiger partial charge < -0.3 is 20.1 Å². The molecule has 6 heteroatoms. The molecule has 2 aromatic rings. The Bertz CT molecular complexity index is 498. The average Bonchev–Trinajstić information content (AvgIpc) is 2.78. The van der Waals surface area contributed by atoms with Gasteiger partial charge in [0.2, 0.25) is 11.7 Å². The van der Waals surface area contributed by atoms with E-state index < -0.39 is 6.04 Å². The molecule has 0 radical (unpaired) electrons. The number of phenols is 1. The Morgan fingerprint density at radius 1 is 1.53 bits per heavy atom. The Morgan fingerprint density at radius 3 is 3.06 bits per heavy atom. The van der Waals surface area contributed by atoms with Crippen molar-refractivity contribution in [3.8, 4) is 17.1 Å². The van der Waals surface area contributed by atoms with Crippen molar-refractivity contribution in [1.29, 1.82) is 0 Å². The summed E-state index contributed by atoms with van der Waals surface area (Å²) < 4.78 is 9.92. The fourth-order valence-electron chi connectivity index (χ4n) is 1.40. The zero-order valence-corrected chi connectivity index (χ0v) is 9.33. The fourth-order valence-corrected chi connectivity index (χ4v) is 1.40. The summed E-state index contributed by atoms with van der Waals surface area (Å²) >= 11 is 0. The lowest BCUT2D eigenvalue weighted by molar-refractivity contribution is 0.166. The third-order valence-corrected chi connectivity index (χ3v) is 2.21. The van der Waals surface area contributed by atoms with Gasteiger partial charge in [-0.2, -0.15) is 4.98 Å². The van der Waals surface area contributed by atoms with E-state index in [0.717, 1.165) is 0 Å². The minimum absolute atomic E-state index is 0.148. The maximum absolute atomic E-state index is 9.34. The van der Waals surface area contributed by atoms with E-state index >= 15 is 0 Å². The molecule has 0 aliphatic heterocycles. The van der Waals surface area contributed by atoms with Crippen LogP contribution < -0.4 is 5.73 Å². The van der Waals surface area contributed by atoms with Gasteiger partial charge in [-0.25, -0.2) is 0 Å². The number of nitrogens with zero attached hydrogens (tertiary/aromatic N) is 2. The van der Waals surface area contributed by atoms with Crippen LogP contribution in [-0.2, 0) is 4.74 Å². The number of ether oxygens (including phenoxy) is 1. The molecule has 90 valence electrons. The van der Waals surface area contributed by atoms with E-state index in [1.807, 2.05) is 0 Å². The van der Waals surface area contributed by atoms with E-state index in [0.29, 0.717) is 23.9 Å². The molecule has 1 heterocycles. The van der Waals surface area contributed by atoms with Crippen molar-refractivity contribution >= 4 is 0 Å². The van der Waals surface area contributed by atoms with E-state index in [9.17, 15) is 5.11 Å². The zero-order chi connectivity index (χ0) is 12.3. The number of nitrogens with two attached hydrogens (primary N) is 1. The highest BCUT2D eigenvalue weighted by Gasteiger charge is 2.15. The summed E-state index contributed by atoms with van der Waals surface area (Å²) in [6.07, 6.45) is 0. The third-order valence-electron chi connectivity index (χ3n) is 2.21. The van der Waals surface area contributed by atoms with Gasteiger partial charge in [0.25, 0.3) is 0 Å². The van der Waals surface area contributed by atoms with Crippen molar-refractivity contribution in [2.24, 2.45) is 5.73 Å². The van der Waals surface area contributed by atoms with Gasteiger partial charge in [0, 0.05) is 12.7 Å². The van der Waals surface area contributed by atoms with Gasteiger partial charge in [0.05, 0.1) is 6.61 Å². The number of aromatic hydroxyl groups is 1. The molecule has 0 aliphatic carbocycles. The van der Waals surface area contributed by atoms with Crippen LogP contribution in [-0.4, -0.2) is 29.0 Å². The number of rotatable bonds is 4. The molecule has 1 aromatic heterocycles. The van der Waals surface area contributed by atoms with E-state index in [2.05, 4.69) is 10.1 Å². The molecule has 0 saturated heterocycles. The van der Waals surface area contributed by atoms with Gasteiger partial charge in [0.15, 0.2) is 0 Å². The van der Waals surface area contributed by atoms with E-state index in [1.54, 1.807) is 31.4 Å². The molecule has 6 nitrogen and oxygen atoms in total. The summed E-state index contributed by atoms with van der Waals surface area (Å²) in [5, 5.41) is 13.1.